The van der Waals surface area contributed by atoms with Gasteiger partial charge in [-0.2, -0.15) is 14.9 Å². The average Bonchev–Trinajstić information content (AvgIpc) is 2.99. The minimum absolute atomic E-state index is 0.104. The van der Waals surface area contributed by atoms with E-state index in [1.807, 2.05) is 60.6 Å². The van der Waals surface area contributed by atoms with Crippen LogP contribution >= 0.6 is 11.6 Å². The van der Waals surface area contributed by atoms with Crippen LogP contribution in [0, 0.1) is 5.41 Å². The molecular weight excluding hydrogens is 416 g/mol. The molecule has 1 aromatic heterocycles. The van der Waals surface area contributed by atoms with Crippen LogP contribution in [0.15, 0.2) is 18.2 Å². The van der Waals surface area contributed by atoms with Crippen LogP contribution in [0.4, 0.5) is 10.5 Å². The lowest BCUT2D eigenvalue weighted by molar-refractivity contribution is -0.123. The number of carbonyl (C=O) groups excluding carboxylic acids is 1. The molecule has 8 heteroatoms. The fraction of sp³-hybridized carbons (Fsp3) is 0.522. The first-order valence-electron chi connectivity index (χ1n) is 10.6. The topological polar surface area (TPSA) is 87.5 Å². The van der Waals surface area contributed by atoms with Crippen LogP contribution < -0.4 is 10.3 Å². The summed E-state index contributed by atoms with van der Waals surface area (Å²) in [6.45, 7) is 13.2. The molecule has 0 unspecified atom stereocenters. The van der Waals surface area contributed by atoms with Crippen molar-refractivity contribution in [1.82, 2.24) is 9.89 Å². The fourth-order valence-corrected chi connectivity index (χ4v) is 3.60. The number of aromatic nitrogens is 2. The molecule has 1 aromatic carbocycles. The predicted molar refractivity (Wildman–Crippen MR) is 125 cm³/mol. The zero-order valence-electron chi connectivity index (χ0n) is 19.4. The second-order valence-corrected chi connectivity index (χ2v) is 9.29. The Morgan fingerprint density at radius 3 is 2.32 bits per heavy atom. The van der Waals surface area contributed by atoms with Gasteiger partial charge in [-0.25, -0.2) is 4.79 Å². The number of halogens is 1. The van der Waals surface area contributed by atoms with Crippen LogP contribution in [0.3, 0.4) is 0 Å². The summed E-state index contributed by atoms with van der Waals surface area (Å²) in [5.41, 5.74) is 3.77. The molecule has 0 aliphatic rings. The van der Waals surface area contributed by atoms with Gasteiger partial charge in [-0.3, -0.25) is 4.79 Å². The molecule has 2 N–H and O–H groups in total. The Morgan fingerprint density at radius 1 is 1.23 bits per heavy atom. The minimum atomic E-state index is -1.04. The summed E-state index contributed by atoms with van der Waals surface area (Å²) in [6, 6.07) is 5.33. The van der Waals surface area contributed by atoms with E-state index in [1.165, 1.54) is 9.80 Å². The van der Waals surface area contributed by atoms with Gasteiger partial charge in [0.25, 0.3) is 0 Å². The highest BCUT2D eigenvalue weighted by atomic mass is 35.5. The minimum Gasteiger partial charge on any atom is -0.464 e. The summed E-state index contributed by atoms with van der Waals surface area (Å²) in [6.07, 6.45) is 0.870. The largest absolute Gasteiger partial charge is 0.464 e. The molecule has 0 saturated carbocycles. The van der Waals surface area contributed by atoms with Crippen LogP contribution in [-0.4, -0.2) is 33.0 Å². The normalized spacial score (nSPS) is 11.6. The molecule has 7 nitrogen and oxygen atoms in total. The van der Waals surface area contributed by atoms with Crippen molar-refractivity contribution in [1.29, 1.82) is 0 Å². The van der Waals surface area contributed by atoms with E-state index in [0.29, 0.717) is 30.0 Å². The molecule has 1 heterocycles. The molecule has 0 atom stereocenters. The zero-order chi connectivity index (χ0) is 23.5. The Kier molecular flexibility index (Phi) is 7.76. The lowest BCUT2D eigenvalue weighted by Gasteiger charge is -2.25. The number of anilines is 1. The van der Waals surface area contributed by atoms with Crippen LogP contribution in [0.5, 0.6) is 0 Å². The third-order valence-electron chi connectivity index (χ3n) is 5.06. The van der Waals surface area contributed by atoms with Gasteiger partial charge < -0.3 is 10.4 Å². The molecule has 2 rings (SSSR count). The van der Waals surface area contributed by atoms with Crippen LogP contribution in [0.2, 0.25) is 5.02 Å². The summed E-state index contributed by atoms with van der Waals surface area (Å²) in [7, 11) is 0. The van der Waals surface area contributed by atoms with Crippen molar-refractivity contribution in [3.63, 3.8) is 0 Å². The van der Waals surface area contributed by atoms with Gasteiger partial charge in [0.05, 0.1) is 28.1 Å². The van der Waals surface area contributed by atoms with Crippen LogP contribution in [-0.2, 0) is 24.1 Å². The number of carboxylic acid groups (broad SMARTS) is 1. The van der Waals surface area contributed by atoms with Gasteiger partial charge in [-0.05, 0) is 44.4 Å². The number of carbonyl (C=O) groups is 2. The SMILES string of the molecule is CCc1nn(N(C(=O)O)C(C)C)c(CC)c1Cc1ccc(NC(=O)C(C)(C)C)c(Cl)c1. The summed E-state index contributed by atoms with van der Waals surface area (Å²) in [4.78, 5) is 25.6. The van der Waals surface area contributed by atoms with E-state index in [2.05, 4.69) is 10.4 Å². The molecule has 31 heavy (non-hydrogen) atoms. The maximum absolute atomic E-state index is 12.3. The van der Waals surface area contributed by atoms with Crippen molar-refractivity contribution < 1.29 is 14.7 Å². The first kappa shape index (κ1) is 24.7. The van der Waals surface area contributed by atoms with Crippen molar-refractivity contribution in [3.05, 3.63) is 45.7 Å². The number of nitrogens with one attached hydrogen (secondary N) is 1. The summed E-state index contributed by atoms with van der Waals surface area (Å²) in [5.74, 6) is -0.104. The third-order valence-corrected chi connectivity index (χ3v) is 5.37. The standard InChI is InChI=1S/C23H33ClN4O3/c1-8-18-16(20(9-2)28(26-18)27(14(3)4)22(30)31)12-15-10-11-19(17(24)13-15)25-21(29)23(5,6)7/h10-11,13-14H,8-9,12H2,1-7H3,(H,25,29)(H,30,31). The highest BCUT2D eigenvalue weighted by Crippen LogP contribution is 2.28. The number of benzene rings is 1. The van der Waals surface area contributed by atoms with Crippen molar-refractivity contribution in [3.8, 4) is 0 Å². The average molecular weight is 449 g/mol. The van der Waals surface area contributed by atoms with Crippen molar-refractivity contribution in [2.24, 2.45) is 5.41 Å². The van der Waals surface area contributed by atoms with Crippen LogP contribution in [0.1, 0.15) is 71.0 Å². The van der Waals surface area contributed by atoms with Crippen molar-refractivity contribution >= 4 is 29.3 Å². The van der Waals surface area contributed by atoms with Gasteiger partial charge in [0.15, 0.2) is 0 Å². The lowest BCUT2D eigenvalue weighted by Crippen LogP contribution is -2.46. The summed E-state index contributed by atoms with van der Waals surface area (Å²) in [5, 5.41) is 18.9. The van der Waals surface area contributed by atoms with Gasteiger partial charge in [0.1, 0.15) is 0 Å². The number of aryl methyl sites for hydroxylation is 1. The quantitative estimate of drug-likeness (QED) is 0.604. The number of hydrogen-bond donors (Lipinski definition) is 2. The van der Waals surface area contributed by atoms with Gasteiger partial charge in [-0.1, -0.05) is 52.3 Å². The molecule has 2 aromatic rings. The molecule has 0 fully saturated rings. The lowest BCUT2D eigenvalue weighted by atomic mass is 9.95. The smallest absolute Gasteiger partial charge is 0.428 e. The molecule has 0 aliphatic heterocycles. The molecule has 0 saturated heterocycles. The third kappa shape index (κ3) is 5.58. The monoisotopic (exact) mass is 448 g/mol. The molecule has 0 radical (unpaired) electrons. The zero-order valence-corrected chi connectivity index (χ0v) is 20.2. The molecule has 2 amide bonds. The number of nitrogens with zero attached hydrogens (tertiary/aromatic N) is 3. The highest BCUT2D eigenvalue weighted by Gasteiger charge is 2.26. The van der Waals surface area contributed by atoms with E-state index in [0.717, 1.165) is 22.5 Å². The van der Waals surface area contributed by atoms with E-state index in [4.69, 9.17) is 11.6 Å². The Labute approximate surface area is 189 Å². The van der Waals surface area contributed by atoms with Crippen LogP contribution in [0.25, 0.3) is 0 Å². The second kappa shape index (κ2) is 9.73. The van der Waals surface area contributed by atoms with E-state index >= 15 is 0 Å². The summed E-state index contributed by atoms with van der Waals surface area (Å²) >= 11 is 6.45. The maximum atomic E-state index is 12.3. The van der Waals surface area contributed by atoms with Gasteiger partial charge in [0.2, 0.25) is 5.91 Å². The second-order valence-electron chi connectivity index (χ2n) is 8.88. The summed E-state index contributed by atoms with van der Waals surface area (Å²) < 4.78 is 0. The van der Waals surface area contributed by atoms with E-state index in [1.54, 1.807) is 6.07 Å². The number of amides is 2. The Morgan fingerprint density at radius 2 is 1.87 bits per heavy atom. The Balaban J connectivity index is 2.41. The van der Waals surface area contributed by atoms with E-state index in [-0.39, 0.29) is 11.9 Å². The van der Waals surface area contributed by atoms with E-state index in [9.17, 15) is 14.7 Å². The maximum Gasteiger partial charge on any atom is 0.428 e. The van der Waals surface area contributed by atoms with Gasteiger partial charge >= 0.3 is 6.09 Å². The van der Waals surface area contributed by atoms with Gasteiger partial charge in [0, 0.05) is 17.4 Å². The molecule has 0 aliphatic carbocycles. The molecular formula is C23H33ClN4O3. The van der Waals surface area contributed by atoms with Crippen molar-refractivity contribution in [2.45, 2.75) is 73.8 Å². The molecule has 170 valence electrons. The Hall–Kier alpha value is -2.54. The number of rotatable bonds is 7. The van der Waals surface area contributed by atoms with E-state index < -0.39 is 11.5 Å². The van der Waals surface area contributed by atoms with Crippen molar-refractivity contribution in [2.75, 3.05) is 10.3 Å². The first-order chi connectivity index (χ1) is 14.4. The Bertz CT molecular complexity index is 960. The fourth-order valence-electron chi connectivity index (χ4n) is 3.35. The highest BCUT2D eigenvalue weighted by molar-refractivity contribution is 6.33. The predicted octanol–water partition coefficient (Wildman–Crippen LogP) is 5.26. The molecule has 0 spiro atoms. The number of hydrogen-bond acceptors (Lipinski definition) is 3. The molecule has 0 bridgehead atoms. The van der Waals surface area contributed by atoms with Gasteiger partial charge in [-0.15, -0.1) is 0 Å². The first-order valence-corrected chi connectivity index (χ1v) is 11.0.